The van der Waals surface area contributed by atoms with Crippen molar-refractivity contribution in [3.63, 3.8) is 0 Å². The molecule has 2 aromatic rings. The number of fused-ring (bicyclic) bond motifs is 1. The molecule has 1 N–H and O–H groups in total. The summed E-state index contributed by atoms with van der Waals surface area (Å²) in [4.78, 5) is 27.5. The largest absolute Gasteiger partial charge is 0.507 e. The van der Waals surface area contributed by atoms with E-state index in [0.717, 1.165) is 24.2 Å². The molecule has 0 saturated carbocycles. The summed E-state index contributed by atoms with van der Waals surface area (Å²) < 4.78 is 16.7. The Morgan fingerprint density at radius 2 is 2.00 bits per heavy atom. The van der Waals surface area contributed by atoms with Gasteiger partial charge in [-0.25, -0.2) is 0 Å². The SMILES string of the molecule is CCCOc1cccc([C@@H]2/C(=C(\O)c3ccc4c(c3)C[C@@H](C)O4)C(=O)C(=O)N2CCOC)c1. The van der Waals surface area contributed by atoms with Crippen molar-refractivity contribution >= 4 is 17.4 Å². The number of likely N-dealkylation sites (tertiary alicyclic amines) is 1. The number of ether oxygens (including phenoxy) is 3. The standard InChI is InChI=1S/C26H29NO6/c1-4-11-32-20-7-5-6-17(15-20)23-22(25(29)26(30)27(23)10-12-31-3)24(28)18-8-9-21-19(14-18)13-16(2)33-21/h5-9,14-16,23,28H,4,10-13H2,1-3H3/b24-22+/t16-,23-/m1/s1. The quantitative estimate of drug-likeness (QED) is 0.373. The zero-order chi connectivity index (χ0) is 23.5. The minimum atomic E-state index is -0.742. The number of carbonyl (C=O) groups excluding carboxylic acids is 2. The smallest absolute Gasteiger partial charge is 0.295 e. The number of methoxy groups -OCH3 is 1. The first-order chi connectivity index (χ1) is 15.9. The summed E-state index contributed by atoms with van der Waals surface area (Å²) in [5.74, 6) is -0.136. The maximum Gasteiger partial charge on any atom is 0.295 e. The lowest BCUT2D eigenvalue weighted by Crippen LogP contribution is -2.32. The van der Waals surface area contributed by atoms with Gasteiger partial charge in [-0.15, -0.1) is 0 Å². The van der Waals surface area contributed by atoms with Crippen LogP contribution in [0.25, 0.3) is 5.76 Å². The fourth-order valence-electron chi connectivity index (χ4n) is 4.37. The van der Waals surface area contributed by atoms with Gasteiger partial charge in [0.25, 0.3) is 11.7 Å². The van der Waals surface area contributed by atoms with Crippen LogP contribution in [-0.2, 0) is 20.7 Å². The van der Waals surface area contributed by atoms with E-state index >= 15 is 0 Å². The molecule has 2 aliphatic rings. The number of rotatable bonds is 8. The highest BCUT2D eigenvalue weighted by atomic mass is 16.5. The van der Waals surface area contributed by atoms with Crippen molar-refractivity contribution in [1.29, 1.82) is 0 Å². The molecular weight excluding hydrogens is 422 g/mol. The van der Waals surface area contributed by atoms with Crippen molar-refractivity contribution in [2.45, 2.75) is 38.8 Å². The van der Waals surface area contributed by atoms with Crippen LogP contribution in [0, 0.1) is 0 Å². The lowest BCUT2D eigenvalue weighted by atomic mass is 9.94. The molecule has 0 bridgehead atoms. The Morgan fingerprint density at radius 3 is 2.76 bits per heavy atom. The lowest BCUT2D eigenvalue weighted by Gasteiger charge is -2.25. The van der Waals surface area contributed by atoms with Crippen LogP contribution in [0.5, 0.6) is 11.5 Å². The predicted octanol–water partition coefficient (Wildman–Crippen LogP) is 3.87. The van der Waals surface area contributed by atoms with E-state index in [1.54, 1.807) is 19.2 Å². The highest BCUT2D eigenvalue weighted by molar-refractivity contribution is 6.46. The van der Waals surface area contributed by atoms with Crippen LogP contribution in [-0.4, -0.2) is 54.7 Å². The Balaban J connectivity index is 1.80. The third-order valence-corrected chi connectivity index (χ3v) is 5.89. The highest BCUT2D eigenvalue weighted by Gasteiger charge is 2.46. The fraction of sp³-hybridized carbons (Fsp3) is 0.385. The Bertz CT molecular complexity index is 1090. The van der Waals surface area contributed by atoms with Crippen LogP contribution in [0.15, 0.2) is 48.0 Å². The number of ketones is 1. The van der Waals surface area contributed by atoms with E-state index in [4.69, 9.17) is 14.2 Å². The van der Waals surface area contributed by atoms with E-state index in [2.05, 4.69) is 0 Å². The second-order valence-corrected chi connectivity index (χ2v) is 8.36. The van der Waals surface area contributed by atoms with Gasteiger partial charge in [-0.1, -0.05) is 19.1 Å². The molecule has 2 heterocycles. The maximum absolute atomic E-state index is 13.1. The van der Waals surface area contributed by atoms with Crippen LogP contribution in [0.4, 0.5) is 0 Å². The summed E-state index contributed by atoms with van der Waals surface area (Å²) in [7, 11) is 1.54. The minimum Gasteiger partial charge on any atom is -0.507 e. The Hall–Kier alpha value is -3.32. The number of carbonyl (C=O) groups is 2. The van der Waals surface area contributed by atoms with Crippen LogP contribution in [0.2, 0.25) is 0 Å². The molecule has 2 aromatic carbocycles. The van der Waals surface area contributed by atoms with Crippen molar-refractivity contribution in [2.24, 2.45) is 0 Å². The molecule has 2 atom stereocenters. The van der Waals surface area contributed by atoms with E-state index in [0.29, 0.717) is 23.5 Å². The second-order valence-electron chi connectivity index (χ2n) is 8.36. The van der Waals surface area contributed by atoms with Crippen molar-refractivity contribution in [3.8, 4) is 11.5 Å². The number of amides is 1. The molecule has 0 aromatic heterocycles. The molecule has 1 fully saturated rings. The molecule has 174 valence electrons. The van der Waals surface area contributed by atoms with E-state index in [9.17, 15) is 14.7 Å². The summed E-state index contributed by atoms with van der Waals surface area (Å²) in [6.45, 7) is 5.05. The number of hydrogen-bond acceptors (Lipinski definition) is 6. The summed E-state index contributed by atoms with van der Waals surface area (Å²) >= 11 is 0. The van der Waals surface area contributed by atoms with Gasteiger partial charge in [0.15, 0.2) is 0 Å². The van der Waals surface area contributed by atoms with E-state index < -0.39 is 17.7 Å². The molecule has 1 saturated heterocycles. The van der Waals surface area contributed by atoms with Crippen LogP contribution >= 0.6 is 0 Å². The average Bonchev–Trinajstić information content (AvgIpc) is 3.31. The zero-order valence-electron chi connectivity index (χ0n) is 19.2. The number of Topliss-reactive ketones (excluding diaryl/α,β-unsaturated/α-hetero) is 1. The molecule has 33 heavy (non-hydrogen) atoms. The predicted molar refractivity (Wildman–Crippen MR) is 123 cm³/mol. The Labute approximate surface area is 193 Å². The Morgan fingerprint density at radius 1 is 1.18 bits per heavy atom. The van der Waals surface area contributed by atoms with Gasteiger partial charge < -0.3 is 24.2 Å². The molecule has 0 unspecified atom stereocenters. The summed E-state index contributed by atoms with van der Waals surface area (Å²) in [5, 5.41) is 11.3. The van der Waals surface area contributed by atoms with Gasteiger partial charge in [-0.2, -0.15) is 0 Å². The van der Waals surface area contributed by atoms with Crippen molar-refractivity contribution in [1.82, 2.24) is 4.90 Å². The molecule has 0 spiro atoms. The summed E-state index contributed by atoms with van der Waals surface area (Å²) in [5.41, 5.74) is 2.21. The van der Waals surface area contributed by atoms with Crippen molar-refractivity contribution in [3.05, 3.63) is 64.7 Å². The number of aliphatic hydroxyl groups excluding tert-OH is 1. The molecule has 1 amide bonds. The van der Waals surface area contributed by atoms with Gasteiger partial charge in [-0.3, -0.25) is 9.59 Å². The van der Waals surface area contributed by atoms with Gasteiger partial charge in [-0.05, 0) is 54.8 Å². The van der Waals surface area contributed by atoms with Crippen molar-refractivity contribution < 1.29 is 28.9 Å². The molecular formula is C26H29NO6. The van der Waals surface area contributed by atoms with Crippen LogP contribution in [0.1, 0.15) is 43.0 Å². The van der Waals surface area contributed by atoms with E-state index in [-0.39, 0.29) is 30.6 Å². The average molecular weight is 452 g/mol. The van der Waals surface area contributed by atoms with Gasteiger partial charge in [0.05, 0.1) is 24.8 Å². The lowest BCUT2D eigenvalue weighted by molar-refractivity contribution is -0.140. The Kier molecular flexibility index (Phi) is 6.70. The van der Waals surface area contributed by atoms with Gasteiger partial charge in [0, 0.05) is 25.6 Å². The fourth-order valence-corrected chi connectivity index (χ4v) is 4.37. The monoisotopic (exact) mass is 451 g/mol. The molecule has 2 aliphatic heterocycles. The number of aliphatic hydroxyl groups is 1. The third-order valence-electron chi connectivity index (χ3n) is 5.89. The van der Waals surface area contributed by atoms with Gasteiger partial charge in [0.2, 0.25) is 0 Å². The number of hydrogen-bond donors (Lipinski definition) is 1. The summed E-state index contributed by atoms with van der Waals surface area (Å²) in [6.07, 6.45) is 1.64. The van der Waals surface area contributed by atoms with Crippen LogP contribution in [0.3, 0.4) is 0 Å². The number of benzene rings is 2. The van der Waals surface area contributed by atoms with Gasteiger partial charge in [0.1, 0.15) is 23.4 Å². The molecule has 4 rings (SSSR count). The van der Waals surface area contributed by atoms with E-state index in [1.165, 1.54) is 4.90 Å². The normalized spacial score (nSPS) is 21.2. The maximum atomic E-state index is 13.1. The third kappa shape index (κ3) is 4.46. The second kappa shape index (κ2) is 9.67. The van der Waals surface area contributed by atoms with Crippen LogP contribution < -0.4 is 9.47 Å². The molecule has 7 nitrogen and oxygen atoms in total. The summed E-state index contributed by atoms with van der Waals surface area (Å²) in [6, 6.07) is 11.9. The topological polar surface area (TPSA) is 85.3 Å². The first-order valence-electron chi connectivity index (χ1n) is 11.2. The molecule has 0 aliphatic carbocycles. The highest BCUT2D eigenvalue weighted by Crippen LogP contribution is 2.41. The van der Waals surface area contributed by atoms with E-state index in [1.807, 2.05) is 44.2 Å². The molecule has 7 heteroatoms. The number of nitrogens with zero attached hydrogens (tertiary/aromatic N) is 1. The van der Waals surface area contributed by atoms with Gasteiger partial charge >= 0.3 is 0 Å². The zero-order valence-corrected chi connectivity index (χ0v) is 19.2. The first kappa shape index (κ1) is 22.9. The molecule has 0 radical (unpaired) electrons. The van der Waals surface area contributed by atoms with Crippen molar-refractivity contribution in [2.75, 3.05) is 26.9 Å². The minimum absolute atomic E-state index is 0.0582. The first-order valence-corrected chi connectivity index (χ1v) is 11.2.